The Labute approximate surface area is 163 Å². The van der Waals surface area contributed by atoms with Gasteiger partial charge in [0.1, 0.15) is 5.75 Å². The zero-order valence-corrected chi connectivity index (χ0v) is 16.3. The Bertz CT molecular complexity index is 1100. The first-order valence-electron chi connectivity index (χ1n) is 8.62. The van der Waals surface area contributed by atoms with Gasteiger partial charge in [-0.05, 0) is 31.2 Å². The van der Waals surface area contributed by atoms with E-state index in [1.165, 1.54) is 25.4 Å². The second-order valence-corrected chi connectivity index (χ2v) is 7.60. The van der Waals surface area contributed by atoms with Crippen molar-refractivity contribution in [1.82, 2.24) is 9.71 Å². The highest BCUT2D eigenvalue weighted by Crippen LogP contribution is 2.30. The number of methoxy groups -OCH3 is 1. The summed E-state index contributed by atoms with van der Waals surface area (Å²) in [6, 6.07) is 13.1. The molecule has 2 aromatic carbocycles. The van der Waals surface area contributed by atoms with Crippen molar-refractivity contribution in [3.8, 4) is 5.75 Å². The van der Waals surface area contributed by atoms with Crippen LogP contribution in [0, 0.1) is 0 Å². The number of pyridine rings is 1. The highest BCUT2D eigenvalue weighted by atomic mass is 32.2. The predicted molar refractivity (Wildman–Crippen MR) is 105 cm³/mol. The van der Waals surface area contributed by atoms with Crippen LogP contribution in [-0.4, -0.2) is 33.0 Å². The van der Waals surface area contributed by atoms with Crippen LogP contribution in [0.5, 0.6) is 5.75 Å². The highest BCUT2D eigenvalue weighted by molar-refractivity contribution is 7.90. The van der Waals surface area contributed by atoms with Crippen molar-refractivity contribution in [3.63, 3.8) is 0 Å². The number of hydrogen-bond donors (Lipinski definition) is 1. The number of rotatable bonds is 7. The summed E-state index contributed by atoms with van der Waals surface area (Å²) in [7, 11) is -2.56. The zero-order chi connectivity index (χ0) is 20.1. The van der Waals surface area contributed by atoms with E-state index in [0.717, 1.165) is 0 Å². The third-order valence-electron chi connectivity index (χ3n) is 4.04. The molecule has 0 aliphatic heterocycles. The maximum absolute atomic E-state index is 12.9. The molecule has 0 saturated carbocycles. The molecular formula is C20H20N2O5S. The Morgan fingerprint density at radius 2 is 1.82 bits per heavy atom. The second kappa shape index (κ2) is 8.37. The van der Waals surface area contributed by atoms with Crippen LogP contribution < -0.4 is 9.46 Å². The number of carbonyl (C=O) groups excluding carboxylic acids is 1. The molecule has 0 unspecified atom stereocenters. The molecule has 1 amide bonds. The lowest BCUT2D eigenvalue weighted by molar-refractivity contribution is 0.0981. The largest absolute Gasteiger partial charge is 0.493 e. The number of fused-ring (bicyclic) bond motifs is 1. The number of hydrogen-bond acceptors (Lipinski definition) is 6. The van der Waals surface area contributed by atoms with Crippen LogP contribution in [0.25, 0.3) is 10.8 Å². The highest BCUT2D eigenvalue weighted by Gasteiger charge is 2.22. The van der Waals surface area contributed by atoms with Gasteiger partial charge in [0, 0.05) is 24.1 Å². The lowest BCUT2D eigenvalue weighted by Crippen LogP contribution is -2.30. The van der Waals surface area contributed by atoms with Crippen LogP contribution in [0.1, 0.15) is 23.0 Å². The quantitative estimate of drug-likeness (QED) is 0.655. The van der Waals surface area contributed by atoms with Gasteiger partial charge < -0.3 is 9.47 Å². The van der Waals surface area contributed by atoms with E-state index >= 15 is 0 Å². The van der Waals surface area contributed by atoms with E-state index in [4.69, 9.17) is 9.47 Å². The van der Waals surface area contributed by atoms with Gasteiger partial charge >= 0.3 is 0 Å². The van der Waals surface area contributed by atoms with Crippen molar-refractivity contribution in [1.29, 1.82) is 0 Å². The summed E-state index contributed by atoms with van der Waals surface area (Å²) in [5.74, 6) is -0.171. The fourth-order valence-electron chi connectivity index (χ4n) is 2.80. The fourth-order valence-corrected chi connectivity index (χ4v) is 3.99. The molecular weight excluding hydrogens is 380 g/mol. The molecule has 0 fully saturated rings. The van der Waals surface area contributed by atoms with Crippen molar-refractivity contribution in [3.05, 3.63) is 66.0 Å². The molecule has 8 heteroatoms. The third-order valence-corrected chi connectivity index (χ3v) is 5.43. The molecule has 0 spiro atoms. The van der Waals surface area contributed by atoms with Crippen molar-refractivity contribution < 1.29 is 22.7 Å². The first-order chi connectivity index (χ1) is 13.5. The average molecular weight is 400 g/mol. The minimum Gasteiger partial charge on any atom is -0.493 e. The molecule has 0 saturated heterocycles. The van der Waals surface area contributed by atoms with Crippen LogP contribution >= 0.6 is 0 Å². The van der Waals surface area contributed by atoms with Crippen molar-refractivity contribution in [2.24, 2.45) is 0 Å². The molecule has 1 heterocycles. The molecule has 3 aromatic rings. The topological polar surface area (TPSA) is 94.6 Å². The summed E-state index contributed by atoms with van der Waals surface area (Å²) in [5.41, 5.74) is 0.776. The van der Waals surface area contributed by atoms with Crippen molar-refractivity contribution in [2.75, 3.05) is 13.7 Å². The smallest absolute Gasteiger partial charge is 0.266 e. The summed E-state index contributed by atoms with van der Waals surface area (Å²) in [5, 5.41) is 1.13. The monoisotopic (exact) mass is 400 g/mol. The molecule has 0 atom stereocenters. The molecule has 1 N–H and O–H groups in total. The van der Waals surface area contributed by atoms with Gasteiger partial charge in [-0.25, -0.2) is 13.1 Å². The van der Waals surface area contributed by atoms with E-state index in [1.54, 1.807) is 36.4 Å². The van der Waals surface area contributed by atoms with E-state index in [9.17, 15) is 13.2 Å². The van der Waals surface area contributed by atoms with E-state index in [1.807, 2.05) is 6.92 Å². The molecule has 146 valence electrons. The molecule has 7 nitrogen and oxygen atoms in total. The molecule has 0 radical (unpaired) electrons. The molecule has 28 heavy (non-hydrogen) atoms. The zero-order valence-electron chi connectivity index (χ0n) is 15.5. The maximum atomic E-state index is 12.9. The SMILES string of the molecule is CCOc1cccc2c(S(=O)(=O)NC(=O)c3ccc(COC)nc3)cccc12. The number of nitrogens with one attached hydrogen (secondary N) is 1. The molecule has 0 bridgehead atoms. The Morgan fingerprint density at radius 3 is 2.50 bits per heavy atom. The normalized spacial score (nSPS) is 11.4. The molecule has 0 aliphatic rings. The second-order valence-electron chi connectivity index (χ2n) is 5.95. The van der Waals surface area contributed by atoms with Crippen molar-refractivity contribution in [2.45, 2.75) is 18.4 Å². The summed E-state index contributed by atoms with van der Waals surface area (Å²) < 4.78 is 38.3. The van der Waals surface area contributed by atoms with Gasteiger partial charge in [0.05, 0.1) is 29.4 Å². The van der Waals surface area contributed by atoms with Gasteiger partial charge in [0.25, 0.3) is 15.9 Å². The van der Waals surface area contributed by atoms with Gasteiger partial charge in [-0.2, -0.15) is 0 Å². The first-order valence-corrected chi connectivity index (χ1v) is 10.1. The Balaban J connectivity index is 1.92. The lowest BCUT2D eigenvalue weighted by Gasteiger charge is -2.12. The van der Waals surface area contributed by atoms with Crippen LogP contribution in [0.15, 0.2) is 59.6 Å². The van der Waals surface area contributed by atoms with Gasteiger partial charge in [0.15, 0.2) is 0 Å². The number of carbonyl (C=O) groups is 1. The van der Waals surface area contributed by atoms with E-state index < -0.39 is 15.9 Å². The summed E-state index contributed by atoms with van der Waals surface area (Å²) in [6.07, 6.45) is 1.31. The minimum absolute atomic E-state index is 0.00358. The Kier molecular flexibility index (Phi) is 5.91. The van der Waals surface area contributed by atoms with Crippen LogP contribution in [0.2, 0.25) is 0 Å². The number of benzene rings is 2. The third kappa shape index (κ3) is 4.13. The van der Waals surface area contributed by atoms with Crippen LogP contribution in [0.4, 0.5) is 0 Å². The summed E-state index contributed by atoms with van der Waals surface area (Å²) in [4.78, 5) is 16.5. The first kappa shape index (κ1) is 19.8. The van der Waals surface area contributed by atoms with Gasteiger partial charge in [0.2, 0.25) is 0 Å². The minimum atomic E-state index is -4.09. The molecule has 1 aromatic heterocycles. The maximum Gasteiger partial charge on any atom is 0.266 e. The molecule has 0 aliphatic carbocycles. The van der Waals surface area contributed by atoms with E-state index in [2.05, 4.69) is 9.71 Å². The van der Waals surface area contributed by atoms with E-state index in [0.29, 0.717) is 35.4 Å². The fraction of sp³-hybridized carbons (Fsp3) is 0.200. The lowest BCUT2D eigenvalue weighted by atomic mass is 10.1. The number of ether oxygens (including phenoxy) is 2. The Morgan fingerprint density at radius 1 is 1.07 bits per heavy atom. The number of amides is 1. The van der Waals surface area contributed by atoms with E-state index in [-0.39, 0.29) is 10.5 Å². The number of nitrogens with zero attached hydrogens (tertiary/aromatic N) is 1. The van der Waals surface area contributed by atoms with Gasteiger partial charge in [-0.1, -0.05) is 24.3 Å². The summed E-state index contributed by atoms with van der Waals surface area (Å²) in [6.45, 7) is 2.61. The van der Waals surface area contributed by atoms with Crippen molar-refractivity contribution >= 4 is 26.7 Å². The molecule has 3 rings (SSSR count). The predicted octanol–water partition coefficient (Wildman–Crippen LogP) is 2.90. The standard InChI is InChI=1S/C20H20N2O5S/c1-3-27-18-8-4-7-17-16(18)6-5-9-19(17)28(24,25)22-20(23)14-10-11-15(13-26-2)21-12-14/h4-12H,3,13H2,1-2H3,(H,22,23). The Hall–Kier alpha value is -2.97. The van der Waals surface area contributed by atoms with Gasteiger partial charge in [-0.15, -0.1) is 0 Å². The number of sulfonamides is 1. The summed E-state index contributed by atoms with van der Waals surface area (Å²) >= 11 is 0. The number of aromatic nitrogens is 1. The average Bonchev–Trinajstić information content (AvgIpc) is 2.68. The van der Waals surface area contributed by atoms with Crippen LogP contribution in [0.3, 0.4) is 0 Å². The van der Waals surface area contributed by atoms with Crippen LogP contribution in [-0.2, 0) is 21.4 Å². The van der Waals surface area contributed by atoms with Gasteiger partial charge in [-0.3, -0.25) is 9.78 Å².